The largest absolute Gasteiger partial charge is 0.737 e. The lowest BCUT2D eigenvalue weighted by Gasteiger charge is -2.30. The minimum absolute atomic E-state index is 0.0719. The van der Waals surface area contributed by atoms with Gasteiger partial charge in [0.2, 0.25) is 0 Å². The molecule has 0 bridgehead atoms. The van der Waals surface area contributed by atoms with Crippen LogP contribution in [0.25, 0.3) is 6.08 Å². The molecule has 180 valence electrons. The van der Waals surface area contributed by atoms with Gasteiger partial charge in [-0.15, -0.1) is 0 Å². The van der Waals surface area contributed by atoms with Crippen molar-refractivity contribution in [2.24, 2.45) is 0 Å². The summed E-state index contributed by atoms with van der Waals surface area (Å²) in [5.74, 6) is -11.1. The molecule has 0 unspecified atom stereocenters. The number of hydrogen-bond acceptors (Lipinski definition) is 3. The Morgan fingerprint density at radius 1 is 1.06 bits per heavy atom. The fourth-order valence-electron chi connectivity index (χ4n) is 4.35. The molecule has 4 rings (SSSR count). The third-order valence-electron chi connectivity index (χ3n) is 5.78. The van der Waals surface area contributed by atoms with Crippen molar-refractivity contribution in [2.45, 2.75) is 31.6 Å². The van der Waals surface area contributed by atoms with Crippen LogP contribution in [-0.4, -0.2) is 40.4 Å². The highest BCUT2D eigenvalue weighted by atomic mass is 32.2. The van der Waals surface area contributed by atoms with Crippen LogP contribution in [0.1, 0.15) is 40.2 Å². The van der Waals surface area contributed by atoms with E-state index in [9.17, 15) is 30.8 Å². The van der Waals surface area contributed by atoms with Gasteiger partial charge in [-0.25, -0.2) is 17.6 Å². The molecule has 0 spiro atoms. The van der Waals surface area contributed by atoms with Crippen LogP contribution in [-0.2, 0) is 10.1 Å². The maximum absolute atomic E-state index is 15.4. The summed E-state index contributed by atoms with van der Waals surface area (Å²) in [7, 11) is -5.68. The Balaban J connectivity index is 1.70. The molecule has 6 nitrogen and oxygen atoms in total. The predicted octanol–water partition coefficient (Wildman–Crippen LogP) is 4.17. The van der Waals surface area contributed by atoms with Crippen LogP contribution in [0.5, 0.6) is 0 Å². The molecule has 34 heavy (non-hydrogen) atoms. The third kappa shape index (κ3) is 3.43. The Hall–Kier alpha value is -3.13. The van der Waals surface area contributed by atoms with Gasteiger partial charge in [-0.05, 0) is 31.2 Å². The second kappa shape index (κ2) is 7.70. The van der Waals surface area contributed by atoms with E-state index in [0.29, 0.717) is 21.4 Å². The molecule has 2 aliphatic heterocycles. The number of rotatable bonds is 5. The third-order valence-corrected chi connectivity index (χ3v) is 6.65. The van der Waals surface area contributed by atoms with E-state index in [1.165, 1.54) is 25.2 Å². The van der Waals surface area contributed by atoms with Crippen molar-refractivity contribution < 1.29 is 48.4 Å². The first kappa shape index (κ1) is 24.0. The molecule has 0 saturated heterocycles. The van der Waals surface area contributed by atoms with Crippen LogP contribution in [0.4, 0.5) is 26.2 Å². The summed E-state index contributed by atoms with van der Waals surface area (Å²) >= 11 is 0. The van der Waals surface area contributed by atoms with E-state index in [-0.39, 0.29) is 11.4 Å². The number of aromatic nitrogens is 1. The summed E-state index contributed by atoms with van der Waals surface area (Å²) < 4.78 is 120. The monoisotopic (exact) mass is 504 g/mol. The van der Waals surface area contributed by atoms with Crippen molar-refractivity contribution in [3.05, 3.63) is 69.7 Å². The lowest BCUT2D eigenvalue weighted by Crippen LogP contribution is -2.50. The molecular formula is C20H15BF6N2O4S. The number of carbonyl (C=O) groups excluding carboxylic acids is 1. The van der Waals surface area contributed by atoms with E-state index < -0.39 is 69.4 Å². The molecule has 1 aromatic carbocycles. The Morgan fingerprint density at radius 2 is 1.65 bits per heavy atom. The number of nitrogens with zero attached hydrogens (tertiary/aromatic N) is 2. The minimum atomic E-state index is -5.68. The smallest absolute Gasteiger partial charge is 0.394 e. The number of allylic oxidation sites excluding steroid dienone is 2. The molecule has 3 heterocycles. The van der Waals surface area contributed by atoms with Crippen LogP contribution in [0.2, 0.25) is 0 Å². The number of halogens is 6. The number of benzene rings is 1. The lowest BCUT2D eigenvalue weighted by molar-refractivity contribution is -0.362. The highest BCUT2D eigenvalue weighted by Gasteiger charge is 2.52. The average Bonchev–Trinajstić information content (AvgIpc) is 3.25. The normalized spacial score (nSPS) is 16.6. The Bertz CT molecular complexity index is 1460. The first-order valence-corrected chi connectivity index (χ1v) is 11.2. The zero-order valence-corrected chi connectivity index (χ0v) is 18.4. The number of aryl methyl sites for hydroxylation is 2. The second-order valence-electron chi connectivity index (χ2n) is 7.93. The summed E-state index contributed by atoms with van der Waals surface area (Å²) in [6, 6.07) is 1.59. The molecule has 0 saturated carbocycles. The van der Waals surface area contributed by atoms with E-state index in [2.05, 4.69) is 0 Å². The van der Waals surface area contributed by atoms with Gasteiger partial charge in [0.05, 0.1) is 5.56 Å². The molecule has 2 aliphatic rings. The average molecular weight is 504 g/mol. The van der Waals surface area contributed by atoms with Crippen molar-refractivity contribution in [3.8, 4) is 0 Å². The van der Waals surface area contributed by atoms with E-state index in [1.54, 1.807) is 13.0 Å². The van der Waals surface area contributed by atoms with E-state index in [4.69, 9.17) is 4.55 Å². The van der Waals surface area contributed by atoms with Crippen LogP contribution in [0, 0.1) is 37.1 Å². The molecule has 0 atom stereocenters. The van der Waals surface area contributed by atoms with Crippen LogP contribution in [0.3, 0.4) is 0 Å². The van der Waals surface area contributed by atoms with Crippen molar-refractivity contribution >= 4 is 34.7 Å². The highest BCUT2D eigenvalue weighted by Crippen LogP contribution is 2.35. The van der Waals surface area contributed by atoms with Crippen LogP contribution in [0.15, 0.2) is 28.8 Å². The quantitative estimate of drug-likeness (QED) is 0.218. The summed E-state index contributed by atoms with van der Waals surface area (Å²) in [5, 5.41) is 0. The standard InChI is InChI=1S/C20H15BF6N2O4S/c1-9-7-10(2)28-13(9)8-12-4-3-11(29(12)21(28,26)27)5-6-14(30)15-16(22)18(24)20(34(31,32)33)19(25)17(15)23/h3-4,7-8H,5-6H2,1-2H3,(H,31,32,33). The number of ketones is 1. The summed E-state index contributed by atoms with van der Waals surface area (Å²) in [6.07, 6.45) is 2.89. The SMILES string of the molecule is Cc1cc(C)n2c1C=C1C=CC(CCC(=O)c3c(F)c(F)c(S(=O)(=O)O)c(F)c3F)=[N+]1[B-]2(F)F. The van der Waals surface area contributed by atoms with Crippen LogP contribution < -0.4 is 0 Å². The summed E-state index contributed by atoms with van der Waals surface area (Å²) in [4.78, 5) is 10.1. The van der Waals surface area contributed by atoms with Gasteiger partial charge in [0, 0.05) is 36.8 Å². The number of carbonyl (C=O) groups is 1. The number of hydrogen-bond donors (Lipinski definition) is 1. The molecule has 0 fully saturated rings. The first-order chi connectivity index (χ1) is 15.7. The molecular weight excluding hydrogens is 489 g/mol. The van der Waals surface area contributed by atoms with Gasteiger partial charge in [-0.2, -0.15) is 8.42 Å². The lowest BCUT2D eigenvalue weighted by atomic mass is 9.90. The topological polar surface area (TPSA) is 79.4 Å². The number of fused-ring (bicyclic) bond motifs is 2. The predicted molar refractivity (Wildman–Crippen MR) is 109 cm³/mol. The summed E-state index contributed by atoms with van der Waals surface area (Å²) in [6.45, 7) is -1.19. The van der Waals surface area contributed by atoms with E-state index >= 15 is 8.63 Å². The number of Topliss-reactive ketones (excluding diaryl/α,β-unsaturated/α-hetero) is 1. The summed E-state index contributed by atoms with van der Waals surface area (Å²) in [5.41, 5.74) is -0.415. The van der Waals surface area contributed by atoms with Gasteiger partial charge in [-0.3, -0.25) is 9.35 Å². The molecule has 14 heteroatoms. The van der Waals surface area contributed by atoms with Gasteiger partial charge >= 0.3 is 17.1 Å². The zero-order chi connectivity index (χ0) is 25.3. The molecule has 0 amide bonds. The molecule has 1 N–H and O–H groups in total. The molecule has 2 aromatic rings. The van der Waals surface area contributed by atoms with Crippen molar-refractivity contribution in [1.29, 1.82) is 0 Å². The van der Waals surface area contributed by atoms with Gasteiger partial charge in [0.15, 0.2) is 39.6 Å². The molecule has 0 radical (unpaired) electrons. The Kier molecular flexibility index (Phi) is 5.44. The Morgan fingerprint density at radius 3 is 2.21 bits per heavy atom. The fourth-order valence-corrected chi connectivity index (χ4v) is 4.98. The van der Waals surface area contributed by atoms with Gasteiger partial charge in [0.1, 0.15) is 5.71 Å². The maximum Gasteiger partial charge on any atom is 0.737 e. The van der Waals surface area contributed by atoms with Gasteiger partial charge in [0.25, 0.3) is 0 Å². The van der Waals surface area contributed by atoms with Gasteiger partial charge in [-0.1, -0.05) is 0 Å². The maximum atomic E-state index is 15.4. The zero-order valence-electron chi connectivity index (χ0n) is 17.5. The molecule has 0 aliphatic carbocycles. The minimum Gasteiger partial charge on any atom is -0.394 e. The van der Waals surface area contributed by atoms with Crippen molar-refractivity contribution in [2.75, 3.05) is 0 Å². The highest BCUT2D eigenvalue weighted by molar-refractivity contribution is 7.85. The second-order valence-corrected chi connectivity index (χ2v) is 9.29. The van der Waals surface area contributed by atoms with Crippen molar-refractivity contribution in [3.63, 3.8) is 0 Å². The van der Waals surface area contributed by atoms with Crippen molar-refractivity contribution in [1.82, 2.24) is 4.48 Å². The van der Waals surface area contributed by atoms with E-state index in [0.717, 1.165) is 4.48 Å². The van der Waals surface area contributed by atoms with Crippen LogP contribution >= 0.6 is 0 Å². The van der Waals surface area contributed by atoms with Gasteiger partial charge < -0.3 is 17.6 Å². The van der Waals surface area contributed by atoms with E-state index in [1.807, 2.05) is 0 Å². The fraction of sp³-hybridized carbons (Fsp3) is 0.200. The first-order valence-electron chi connectivity index (χ1n) is 9.80. The Labute approximate surface area is 189 Å². The molecule has 1 aromatic heterocycles.